The minimum Gasteiger partial charge on any atom is -0.481 e. The SMILES string of the molecule is COc1cc(-c2cc(C(=O)N3C[C@@H](C)[C@H](C(=O)NC4CCC(O)(C(F)(F)F)CC4)C[C@@H]3C)[nH]n2)c(F)cn1. The number of H-pyrrole nitrogens is 1. The van der Waals surface area contributed by atoms with E-state index in [-0.39, 0.29) is 66.0 Å². The number of carbonyl (C=O) groups excluding carboxylic acids is 2. The summed E-state index contributed by atoms with van der Waals surface area (Å²) in [4.78, 5) is 31.7. The number of likely N-dealkylation sites (tertiary alicyclic amines) is 1. The summed E-state index contributed by atoms with van der Waals surface area (Å²) in [6, 6.07) is 2.08. The van der Waals surface area contributed by atoms with Crippen LogP contribution in [0, 0.1) is 17.7 Å². The Balaban J connectivity index is 1.37. The Kier molecular flexibility index (Phi) is 7.69. The number of halogens is 4. The molecule has 0 radical (unpaired) electrons. The molecule has 3 N–H and O–H groups in total. The van der Waals surface area contributed by atoms with Gasteiger partial charge in [-0.1, -0.05) is 6.92 Å². The van der Waals surface area contributed by atoms with E-state index in [1.807, 2.05) is 13.8 Å². The lowest BCUT2D eigenvalue weighted by Crippen LogP contribution is -2.54. The zero-order valence-corrected chi connectivity index (χ0v) is 21.3. The smallest absolute Gasteiger partial charge is 0.417 e. The van der Waals surface area contributed by atoms with Crippen LogP contribution in [0.4, 0.5) is 17.6 Å². The average molecular weight is 542 g/mol. The Labute approximate surface area is 217 Å². The fourth-order valence-electron chi connectivity index (χ4n) is 5.28. The van der Waals surface area contributed by atoms with Gasteiger partial charge in [-0.25, -0.2) is 9.37 Å². The number of aliphatic hydroxyl groups is 1. The van der Waals surface area contributed by atoms with Crippen LogP contribution in [-0.2, 0) is 4.79 Å². The lowest BCUT2D eigenvalue weighted by molar-refractivity contribution is -0.270. The topological polar surface area (TPSA) is 120 Å². The number of hydrogen-bond acceptors (Lipinski definition) is 6. The number of piperidine rings is 1. The molecule has 3 atom stereocenters. The third kappa shape index (κ3) is 5.47. The number of hydrogen-bond donors (Lipinski definition) is 3. The molecule has 2 aliphatic rings. The number of nitrogens with one attached hydrogen (secondary N) is 2. The zero-order valence-electron chi connectivity index (χ0n) is 21.3. The minimum atomic E-state index is -4.69. The summed E-state index contributed by atoms with van der Waals surface area (Å²) in [5.41, 5.74) is -2.20. The lowest BCUT2D eigenvalue weighted by atomic mass is 9.80. The first-order valence-electron chi connectivity index (χ1n) is 12.5. The molecule has 1 aliphatic carbocycles. The van der Waals surface area contributed by atoms with E-state index in [1.165, 1.54) is 19.2 Å². The van der Waals surface area contributed by atoms with Crippen LogP contribution in [0.15, 0.2) is 18.3 Å². The highest BCUT2D eigenvalue weighted by atomic mass is 19.4. The fourth-order valence-corrected chi connectivity index (χ4v) is 5.28. The highest BCUT2D eigenvalue weighted by molar-refractivity contribution is 5.94. The van der Waals surface area contributed by atoms with Gasteiger partial charge in [0.05, 0.1) is 19.0 Å². The van der Waals surface area contributed by atoms with Gasteiger partial charge in [-0.15, -0.1) is 0 Å². The van der Waals surface area contributed by atoms with E-state index in [9.17, 15) is 32.3 Å². The Hall–Kier alpha value is -3.22. The third-order valence-electron chi connectivity index (χ3n) is 7.71. The number of aromatic amines is 1. The van der Waals surface area contributed by atoms with Crippen LogP contribution in [0.3, 0.4) is 0 Å². The Morgan fingerprint density at radius 2 is 1.92 bits per heavy atom. The standard InChI is InChI=1S/C25H31F4N5O4/c1-13-12-34(23(36)20-10-19(32-33-20)17-9-21(38-3)30-11-18(17)26)14(2)8-16(13)22(35)31-15-4-6-24(37,7-5-15)25(27,28)29/h9-11,13-16,37H,4-8,12H2,1-3H3,(H,31,35)(H,32,33)/t13-,14+,15?,16-,24?/m1/s1. The van der Waals surface area contributed by atoms with E-state index < -0.39 is 42.4 Å². The first kappa shape index (κ1) is 27.8. The van der Waals surface area contributed by atoms with Gasteiger partial charge in [0.15, 0.2) is 11.4 Å². The van der Waals surface area contributed by atoms with Gasteiger partial charge in [-0.05, 0) is 51.0 Å². The van der Waals surface area contributed by atoms with Gasteiger partial charge in [0.2, 0.25) is 11.8 Å². The molecule has 2 amide bonds. The van der Waals surface area contributed by atoms with E-state index in [4.69, 9.17) is 4.74 Å². The molecule has 0 aromatic carbocycles. The summed E-state index contributed by atoms with van der Waals surface area (Å²) < 4.78 is 58.5. The number of pyridine rings is 1. The van der Waals surface area contributed by atoms with Gasteiger partial charge in [0, 0.05) is 36.2 Å². The summed E-state index contributed by atoms with van der Waals surface area (Å²) in [5.74, 6) is -1.66. The summed E-state index contributed by atoms with van der Waals surface area (Å²) in [6.07, 6.45) is -4.15. The predicted molar refractivity (Wildman–Crippen MR) is 128 cm³/mol. The quantitative estimate of drug-likeness (QED) is 0.499. The maximum atomic E-state index is 14.3. The second-order valence-corrected chi connectivity index (χ2v) is 10.3. The molecule has 2 aromatic rings. The summed E-state index contributed by atoms with van der Waals surface area (Å²) >= 11 is 0. The molecule has 13 heteroatoms. The van der Waals surface area contributed by atoms with Crippen molar-refractivity contribution >= 4 is 11.8 Å². The largest absolute Gasteiger partial charge is 0.481 e. The van der Waals surface area contributed by atoms with Crippen LogP contribution < -0.4 is 10.1 Å². The first-order chi connectivity index (χ1) is 17.8. The fraction of sp³-hybridized carbons (Fsp3) is 0.600. The number of carbonyl (C=O) groups is 2. The van der Waals surface area contributed by atoms with Crippen molar-refractivity contribution in [1.82, 2.24) is 25.4 Å². The molecule has 1 saturated carbocycles. The molecule has 38 heavy (non-hydrogen) atoms. The van der Waals surface area contributed by atoms with Crippen molar-refractivity contribution in [3.8, 4) is 17.1 Å². The molecule has 0 bridgehead atoms. The summed E-state index contributed by atoms with van der Waals surface area (Å²) in [6.45, 7) is 3.94. The third-order valence-corrected chi connectivity index (χ3v) is 7.71. The second-order valence-electron chi connectivity index (χ2n) is 10.3. The monoisotopic (exact) mass is 541 g/mol. The molecular weight excluding hydrogens is 510 g/mol. The molecular formula is C25H31F4N5O4. The van der Waals surface area contributed by atoms with E-state index in [1.54, 1.807) is 4.90 Å². The Morgan fingerprint density at radius 3 is 2.55 bits per heavy atom. The Morgan fingerprint density at radius 1 is 1.24 bits per heavy atom. The van der Waals surface area contributed by atoms with E-state index in [0.717, 1.165) is 6.20 Å². The Bertz CT molecular complexity index is 1180. The molecule has 2 fully saturated rings. The molecule has 0 unspecified atom stereocenters. The van der Waals surface area contributed by atoms with Crippen LogP contribution >= 0.6 is 0 Å². The van der Waals surface area contributed by atoms with Crippen molar-refractivity contribution in [3.63, 3.8) is 0 Å². The highest BCUT2D eigenvalue weighted by Crippen LogP contribution is 2.41. The van der Waals surface area contributed by atoms with Gasteiger partial charge in [-0.2, -0.15) is 18.3 Å². The maximum absolute atomic E-state index is 14.3. The van der Waals surface area contributed by atoms with Crippen molar-refractivity contribution in [2.75, 3.05) is 13.7 Å². The van der Waals surface area contributed by atoms with Crippen molar-refractivity contribution in [2.45, 2.75) is 69.8 Å². The van der Waals surface area contributed by atoms with Crippen molar-refractivity contribution in [3.05, 3.63) is 29.8 Å². The molecule has 2 aromatic heterocycles. The molecule has 9 nitrogen and oxygen atoms in total. The van der Waals surface area contributed by atoms with Crippen LogP contribution in [0.2, 0.25) is 0 Å². The second kappa shape index (κ2) is 10.5. The van der Waals surface area contributed by atoms with Crippen LogP contribution in [0.25, 0.3) is 11.3 Å². The van der Waals surface area contributed by atoms with E-state index in [0.29, 0.717) is 6.42 Å². The van der Waals surface area contributed by atoms with Crippen LogP contribution in [-0.4, -0.2) is 74.5 Å². The number of nitrogens with zero attached hydrogens (tertiary/aromatic N) is 3. The van der Waals surface area contributed by atoms with Crippen molar-refractivity contribution in [2.24, 2.45) is 11.8 Å². The average Bonchev–Trinajstić information content (AvgIpc) is 3.36. The maximum Gasteiger partial charge on any atom is 0.417 e. The van der Waals surface area contributed by atoms with Crippen molar-refractivity contribution < 1.29 is 37.0 Å². The lowest BCUT2D eigenvalue weighted by Gasteiger charge is -2.42. The molecule has 1 aliphatic heterocycles. The molecule has 4 rings (SSSR count). The summed E-state index contributed by atoms with van der Waals surface area (Å²) in [5, 5.41) is 19.4. The number of ether oxygens (including phenoxy) is 1. The zero-order chi connectivity index (χ0) is 27.8. The number of amides is 2. The van der Waals surface area contributed by atoms with Gasteiger partial charge in [0.25, 0.3) is 5.91 Å². The minimum absolute atomic E-state index is 0.0368. The molecule has 208 valence electrons. The van der Waals surface area contributed by atoms with Gasteiger partial charge in [0.1, 0.15) is 5.69 Å². The van der Waals surface area contributed by atoms with Gasteiger partial charge >= 0.3 is 6.18 Å². The van der Waals surface area contributed by atoms with Crippen LogP contribution in [0.5, 0.6) is 5.88 Å². The predicted octanol–water partition coefficient (Wildman–Crippen LogP) is 3.46. The molecule has 0 spiro atoms. The molecule has 3 heterocycles. The van der Waals surface area contributed by atoms with Crippen LogP contribution in [0.1, 0.15) is 56.4 Å². The van der Waals surface area contributed by atoms with E-state index >= 15 is 0 Å². The highest BCUT2D eigenvalue weighted by Gasteiger charge is 2.54. The van der Waals surface area contributed by atoms with E-state index in [2.05, 4.69) is 20.5 Å². The number of aromatic nitrogens is 3. The summed E-state index contributed by atoms with van der Waals surface area (Å²) in [7, 11) is 1.40. The number of alkyl halides is 3. The normalized spacial score (nSPS) is 28.2. The first-order valence-corrected chi connectivity index (χ1v) is 12.5. The number of rotatable bonds is 5. The van der Waals surface area contributed by atoms with Gasteiger partial charge < -0.3 is 20.1 Å². The molecule has 1 saturated heterocycles. The van der Waals surface area contributed by atoms with Gasteiger partial charge in [-0.3, -0.25) is 14.7 Å². The number of methoxy groups -OCH3 is 1. The van der Waals surface area contributed by atoms with Crippen molar-refractivity contribution in [1.29, 1.82) is 0 Å².